The lowest BCUT2D eigenvalue weighted by Crippen LogP contribution is -2.48. The fourth-order valence-electron chi connectivity index (χ4n) is 7.55. The van der Waals surface area contributed by atoms with Gasteiger partial charge in [-0.05, 0) is 69.0 Å². The molecule has 0 saturated carbocycles. The summed E-state index contributed by atoms with van der Waals surface area (Å²) in [7, 11) is 2.72. The number of aromatic nitrogens is 2. The standard InChI is InChI=1S/C30H39ClN2O11.C25H31ClN2O8/c1-6-38-16-25(34)41-17-42-28-23(37-5)10-11-32-26(28)29(35)33-22-14-39-15-24(40-13-18(2)3)27(19(4)43-30(22)36)44-21-9-7-8-20(31)12-21;1-14(2)11-34-20-13-33-12-18(28-24(30)21-22(29)19(32-4)8-9-27-21)25(31)35-15(3)23(20)36-17-7-5-6-16(26)10-17/h7-12,18-19,22,24,27H,6,13-17H2,1-5H3,(H,33,35);5-10,14-15,18,20,23,29H,11-13H2,1-4H3,(H,28,30)/t19-,22-,24-,27-;15-,18-,20-,23-/m00/s1. The molecule has 2 aromatic heterocycles. The van der Waals surface area contributed by atoms with Crippen molar-refractivity contribution >= 4 is 52.9 Å². The number of hydrogen-bond donors (Lipinski definition) is 3. The number of carbonyl (C=O) groups excluding carboxylic acids is 5. The van der Waals surface area contributed by atoms with Gasteiger partial charge < -0.3 is 77.3 Å². The molecule has 23 nitrogen and oxygen atoms in total. The zero-order valence-corrected chi connectivity index (χ0v) is 47.5. The van der Waals surface area contributed by atoms with Crippen molar-refractivity contribution in [2.75, 3.05) is 73.9 Å². The number of carbonyl (C=O) groups is 5. The van der Waals surface area contributed by atoms with E-state index in [0.717, 1.165) is 0 Å². The van der Waals surface area contributed by atoms with Crippen molar-refractivity contribution < 1.29 is 90.7 Å². The van der Waals surface area contributed by atoms with Gasteiger partial charge in [0.05, 0.1) is 40.6 Å². The van der Waals surface area contributed by atoms with Gasteiger partial charge in [0.2, 0.25) is 6.79 Å². The van der Waals surface area contributed by atoms with Crippen molar-refractivity contribution in [2.45, 2.75) is 97.2 Å². The van der Waals surface area contributed by atoms with Gasteiger partial charge in [-0.1, -0.05) is 63.0 Å². The molecule has 4 heterocycles. The second kappa shape index (κ2) is 32.5. The van der Waals surface area contributed by atoms with Gasteiger partial charge in [-0.15, -0.1) is 0 Å². The van der Waals surface area contributed by atoms with Crippen LogP contribution in [0, 0.1) is 11.8 Å². The number of benzene rings is 2. The largest absolute Gasteiger partial charge is 0.503 e. The van der Waals surface area contributed by atoms with Gasteiger partial charge in [0, 0.05) is 54.4 Å². The smallest absolute Gasteiger partial charge is 0.334 e. The Labute approximate surface area is 474 Å². The Bertz CT molecular complexity index is 2650. The molecular formula is C55H70Cl2N4O19. The molecule has 2 saturated heterocycles. The molecule has 2 aliphatic heterocycles. The summed E-state index contributed by atoms with van der Waals surface area (Å²) in [5.41, 5.74) is -0.512. The van der Waals surface area contributed by atoms with Crippen molar-refractivity contribution in [1.82, 2.24) is 20.6 Å². The minimum Gasteiger partial charge on any atom is -0.503 e. The monoisotopic (exact) mass is 1160 g/mol. The van der Waals surface area contributed by atoms with E-state index in [1.807, 2.05) is 27.7 Å². The van der Waals surface area contributed by atoms with Crippen LogP contribution in [0.15, 0.2) is 73.1 Å². The van der Waals surface area contributed by atoms with Gasteiger partial charge in [0.1, 0.15) is 42.5 Å². The Morgan fingerprint density at radius 1 is 0.700 bits per heavy atom. The molecule has 0 unspecified atom stereocenters. The van der Waals surface area contributed by atoms with Crippen LogP contribution in [0.25, 0.3) is 0 Å². The molecule has 2 amide bonds. The third kappa shape index (κ3) is 19.8. The zero-order chi connectivity index (χ0) is 58.3. The third-order valence-corrected chi connectivity index (χ3v) is 11.9. The number of halogens is 2. The fraction of sp³-hybridized carbons (Fsp3) is 0.509. The number of pyridine rings is 2. The molecule has 0 aliphatic carbocycles. The predicted octanol–water partition coefficient (Wildman–Crippen LogP) is 6.21. The summed E-state index contributed by atoms with van der Waals surface area (Å²) in [5, 5.41) is 16.3. The SMILES string of the molecule is CCOCC(=O)OCOc1c(OC)ccnc1C(=O)N[C@H]1COC[C@H](OCC(C)C)[C@@H](Oc2cccc(Cl)c2)[C@H](C)OC1=O.COc1ccnc(C(=O)N[C@H]2COC[C@H](OCC(C)C)[C@@H](Oc3cccc(Cl)c3)[C@H](C)OC2=O)c1O. The van der Waals surface area contributed by atoms with Crippen LogP contribution in [0.4, 0.5) is 0 Å². The maximum absolute atomic E-state index is 13.4. The maximum Gasteiger partial charge on any atom is 0.334 e. The van der Waals surface area contributed by atoms with Crippen molar-refractivity contribution in [1.29, 1.82) is 0 Å². The van der Waals surface area contributed by atoms with E-state index in [-0.39, 0.29) is 73.5 Å². The number of hydrogen-bond acceptors (Lipinski definition) is 21. The molecule has 2 fully saturated rings. The third-order valence-electron chi connectivity index (χ3n) is 11.5. The number of aromatic hydroxyl groups is 1. The minimum atomic E-state index is -1.22. The van der Waals surface area contributed by atoms with Gasteiger partial charge in [-0.2, -0.15) is 0 Å². The van der Waals surface area contributed by atoms with E-state index in [1.165, 1.54) is 38.7 Å². The molecule has 2 aromatic carbocycles. The molecule has 80 heavy (non-hydrogen) atoms. The first-order valence-corrected chi connectivity index (χ1v) is 26.4. The second-order valence-corrected chi connectivity index (χ2v) is 19.7. The lowest BCUT2D eigenvalue weighted by Gasteiger charge is -2.31. The number of nitrogens with zero attached hydrogens (tertiary/aromatic N) is 2. The van der Waals surface area contributed by atoms with Gasteiger partial charge >= 0.3 is 17.9 Å². The molecule has 6 rings (SSSR count). The average Bonchev–Trinajstić information content (AvgIpc) is 3.51. The van der Waals surface area contributed by atoms with Gasteiger partial charge in [0.25, 0.3) is 11.8 Å². The Morgan fingerprint density at radius 2 is 1.18 bits per heavy atom. The second-order valence-electron chi connectivity index (χ2n) is 18.8. The molecule has 2 aliphatic rings. The van der Waals surface area contributed by atoms with Crippen molar-refractivity contribution in [3.63, 3.8) is 0 Å². The lowest BCUT2D eigenvalue weighted by atomic mass is 10.1. The predicted molar refractivity (Wildman–Crippen MR) is 287 cm³/mol. The van der Waals surface area contributed by atoms with Crippen LogP contribution < -0.4 is 34.3 Å². The van der Waals surface area contributed by atoms with Crippen LogP contribution in [0.5, 0.6) is 34.5 Å². The molecule has 8 atom stereocenters. The fourth-order valence-corrected chi connectivity index (χ4v) is 7.91. The van der Waals surface area contributed by atoms with Crippen LogP contribution in [0.3, 0.4) is 0 Å². The maximum atomic E-state index is 13.4. The number of rotatable bonds is 22. The Kier molecular flexibility index (Phi) is 26.0. The molecule has 0 bridgehead atoms. The molecule has 25 heteroatoms. The number of methoxy groups -OCH3 is 2. The number of ether oxygens (including phenoxy) is 13. The van der Waals surface area contributed by atoms with Crippen molar-refractivity contribution in [3.8, 4) is 34.5 Å². The summed E-state index contributed by atoms with van der Waals surface area (Å²) in [4.78, 5) is 72.2. The van der Waals surface area contributed by atoms with Crippen molar-refractivity contribution in [2.24, 2.45) is 11.8 Å². The van der Waals surface area contributed by atoms with Crippen LogP contribution in [-0.4, -0.2) is 167 Å². The van der Waals surface area contributed by atoms with Crippen LogP contribution in [0.1, 0.15) is 69.4 Å². The van der Waals surface area contributed by atoms with Gasteiger partial charge in [0.15, 0.2) is 58.7 Å². The van der Waals surface area contributed by atoms with Gasteiger partial charge in [-0.3, -0.25) is 9.59 Å². The Balaban J connectivity index is 0.000000300. The number of amides is 2. The zero-order valence-electron chi connectivity index (χ0n) is 46.0. The topological polar surface area (TPSA) is 275 Å². The highest BCUT2D eigenvalue weighted by atomic mass is 35.5. The first-order chi connectivity index (χ1) is 38.3. The average molecular weight is 1160 g/mol. The molecule has 0 spiro atoms. The Morgan fingerprint density at radius 3 is 1.64 bits per heavy atom. The summed E-state index contributed by atoms with van der Waals surface area (Å²) < 4.78 is 73.4. The van der Waals surface area contributed by atoms with E-state index in [1.54, 1.807) is 69.3 Å². The van der Waals surface area contributed by atoms with E-state index in [0.29, 0.717) is 41.4 Å². The molecular weight excluding hydrogens is 1090 g/mol. The van der Waals surface area contributed by atoms with E-state index in [9.17, 15) is 29.1 Å². The van der Waals surface area contributed by atoms with Crippen molar-refractivity contribution in [3.05, 3.63) is 94.5 Å². The van der Waals surface area contributed by atoms with Crippen LogP contribution in [0.2, 0.25) is 10.0 Å². The normalized spacial score (nSPS) is 21.5. The summed E-state index contributed by atoms with van der Waals surface area (Å²) in [6, 6.07) is 14.2. The highest BCUT2D eigenvalue weighted by molar-refractivity contribution is 6.31. The van der Waals surface area contributed by atoms with E-state index < -0.39 is 91.0 Å². The first kappa shape index (κ1) is 64.1. The summed E-state index contributed by atoms with van der Waals surface area (Å²) in [6.45, 7) is 13.2. The molecule has 0 radical (unpaired) electrons. The number of cyclic esters (lactones) is 2. The van der Waals surface area contributed by atoms with Crippen LogP contribution in [-0.2, 0) is 52.3 Å². The van der Waals surface area contributed by atoms with Crippen LogP contribution >= 0.6 is 23.2 Å². The number of nitrogens with one attached hydrogen (secondary N) is 2. The molecule has 3 N–H and O–H groups in total. The van der Waals surface area contributed by atoms with Gasteiger partial charge in [-0.25, -0.2) is 24.4 Å². The molecule has 438 valence electrons. The minimum absolute atomic E-state index is 0.0458. The van der Waals surface area contributed by atoms with E-state index >= 15 is 0 Å². The summed E-state index contributed by atoms with van der Waals surface area (Å²) in [6.07, 6.45) is -1.59. The summed E-state index contributed by atoms with van der Waals surface area (Å²) >= 11 is 12.2. The number of esters is 3. The lowest BCUT2D eigenvalue weighted by molar-refractivity contribution is -0.159. The van der Waals surface area contributed by atoms with E-state index in [4.69, 9.17) is 84.8 Å². The highest BCUT2D eigenvalue weighted by Gasteiger charge is 2.40. The summed E-state index contributed by atoms with van der Waals surface area (Å²) in [5.74, 6) is -2.62. The Hall–Kier alpha value is -6.73. The molecule has 4 aromatic rings. The highest BCUT2D eigenvalue weighted by Crippen LogP contribution is 2.31. The van der Waals surface area contributed by atoms with E-state index in [2.05, 4.69) is 20.6 Å². The first-order valence-electron chi connectivity index (χ1n) is 25.7. The quantitative estimate of drug-likeness (QED) is 0.0448.